The number of hydrogen-bond acceptors (Lipinski definition) is 4. The van der Waals surface area contributed by atoms with E-state index in [1.54, 1.807) is 17.0 Å². The number of benzene rings is 2. The van der Waals surface area contributed by atoms with Crippen molar-refractivity contribution in [3.8, 4) is 0 Å². The lowest BCUT2D eigenvalue weighted by molar-refractivity contribution is -0.128. The minimum Gasteiger partial charge on any atom is -0.326 e. The number of aryl methyl sites for hydroxylation is 1. The molecule has 1 saturated heterocycles. The summed E-state index contributed by atoms with van der Waals surface area (Å²) in [6, 6.07) is 13.3. The van der Waals surface area contributed by atoms with Crippen LogP contribution in [0.2, 0.25) is 0 Å². The third kappa shape index (κ3) is 4.78. The molecule has 28 heavy (non-hydrogen) atoms. The lowest BCUT2D eigenvalue weighted by Crippen LogP contribution is -2.34. The Balaban J connectivity index is 1.73. The topological polar surface area (TPSA) is 61.8 Å². The highest BCUT2D eigenvalue weighted by molar-refractivity contribution is 8.15. The molecule has 5 nitrogen and oxygen atoms in total. The van der Waals surface area contributed by atoms with Crippen LogP contribution in [0.5, 0.6) is 0 Å². The molecule has 0 aromatic heterocycles. The van der Waals surface area contributed by atoms with E-state index in [1.807, 2.05) is 38.1 Å². The average Bonchev–Trinajstić information content (AvgIpc) is 2.94. The van der Waals surface area contributed by atoms with Crippen molar-refractivity contribution in [1.29, 1.82) is 0 Å². The molecular formula is C21H22FN3O2S. The molecule has 0 saturated carbocycles. The fourth-order valence-electron chi connectivity index (χ4n) is 2.86. The van der Waals surface area contributed by atoms with Gasteiger partial charge in [0.2, 0.25) is 11.8 Å². The first-order valence-corrected chi connectivity index (χ1v) is 10.0. The Bertz CT molecular complexity index is 899. The van der Waals surface area contributed by atoms with Crippen LogP contribution in [0.3, 0.4) is 0 Å². The van der Waals surface area contributed by atoms with Gasteiger partial charge in [-0.15, -0.1) is 0 Å². The highest BCUT2D eigenvalue weighted by atomic mass is 32.2. The Morgan fingerprint density at radius 2 is 1.93 bits per heavy atom. The van der Waals surface area contributed by atoms with Crippen LogP contribution < -0.4 is 5.32 Å². The predicted molar refractivity (Wildman–Crippen MR) is 111 cm³/mol. The molecule has 1 aliphatic heterocycles. The minimum absolute atomic E-state index is 0.0699. The number of anilines is 1. The molecule has 0 spiro atoms. The molecule has 7 heteroatoms. The largest absolute Gasteiger partial charge is 0.326 e. The second kappa shape index (κ2) is 9.01. The fraction of sp³-hybridized carbons (Fsp3) is 0.286. The van der Waals surface area contributed by atoms with Gasteiger partial charge < -0.3 is 5.32 Å². The standard InChI is InChI=1S/C21H22FN3O2S/c1-3-12-25-20(27)18(13-19(26)24-17-7-5-4-6-14(17)2)28-21(25)23-16-10-8-15(22)9-11-16/h4-11,18H,3,12-13H2,1-2H3,(H,24,26)/t18-/m1/s1. The average molecular weight is 399 g/mol. The van der Waals surface area contributed by atoms with Gasteiger partial charge in [-0.2, -0.15) is 0 Å². The second-order valence-electron chi connectivity index (χ2n) is 6.53. The summed E-state index contributed by atoms with van der Waals surface area (Å²) in [4.78, 5) is 31.3. The molecule has 0 aliphatic carbocycles. The molecule has 3 rings (SSSR count). The number of aliphatic imine (C=N–C) groups is 1. The zero-order valence-electron chi connectivity index (χ0n) is 15.8. The van der Waals surface area contributed by atoms with E-state index in [4.69, 9.17) is 0 Å². The number of hydrogen-bond donors (Lipinski definition) is 1. The maximum Gasteiger partial charge on any atom is 0.242 e. The van der Waals surface area contributed by atoms with Gasteiger partial charge in [0.1, 0.15) is 11.1 Å². The van der Waals surface area contributed by atoms with Gasteiger partial charge in [-0.05, 0) is 49.2 Å². The van der Waals surface area contributed by atoms with Crippen molar-refractivity contribution < 1.29 is 14.0 Å². The number of halogens is 1. The summed E-state index contributed by atoms with van der Waals surface area (Å²) >= 11 is 1.28. The number of amides is 2. The van der Waals surface area contributed by atoms with Gasteiger partial charge in [-0.3, -0.25) is 14.5 Å². The number of nitrogens with zero attached hydrogens (tertiary/aromatic N) is 2. The minimum atomic E-state index is -0.519. The Labute approximate surface area is 168 Å². The molecule has 1 N–H and O–H groups in total. The summed E-state index contributed by atoms with van der Waals surface area (Å²) in [6.45, 7) is 4.43. The van der Waals surface area contributed by atoms with Gasteiger partial charge in [0.25, 0.3) is 0 Å². The molecule has 0 bridgehead atoms. The van der Waals surface area contributed by atoms with Gasteiger partial charge in [-0.25, -0.2) is 9.38 Å². The molecule has 0 unspecified atom stereocenters. The van der Waals surface area contributed by atoms with Crippen LogP contribution in [0.1, 0.15) is 25.3 Å². The summed E-state index contributed by atoms with van der Waals surface area (Å²) in [5.41, 5.74) is 2.28. The molecule has 2 amide bonds. The number of carbonyl (C=O) groups is 2. The summed E-state index contributed by atoms with van der Waals surface area (Å²) in [5.74, 6) is -0.664. The van der Waals surface area contributed by atoms with Crippen molar-refractivity contribution in [3.05, 3.63) is 59.9 Å². The summed E-state index contributed by atoms with van der Waals surface area (Å²) in [6.07, 6.45) is 0.845. The third-order valence-corrected chi connectivity index (χ3v) is 5.48. The van der Waals surface area contributed by atoms with Crippen molar-refractivity contribution >= 4 is 40.1 Å². The number of nitrogens with one attached hydrogen (secondary N) is 1. The quantitative estimate of drug-likeness (QED) is 0.778. The van der Waals surface area contributed by atoms with E-state index in [2.05, 4.69) is 10.3 Å². The SMILES string of the molecule is CCCN1C(=O)[C@@H](CC(=O)Nc2ccccc2C)SC1=Nc1ccc(F)cc1. The Kier molecular flexibility index (Phi) is 6.46. The Morgan fingerprint density at radius 1 is 1.21 bits per heavy atom. The van der Waals surface area contributed by atoms with E-state index in [0.717, 1.165) is 17.7 Å². The first kappa shape index (κ1) is 20.1. The predicted octanol–water partition coefficient (Wildman–Crippen LogP) is 4.50. The lowest BCUT2D eigenvalue weighted by Gasteiger charge is -2.15. The number of thioether (sulfide) groups is 1. The van der Waals surface area contributed by atoms with Crippen molar-refractivity contribution in [3.63, 3.8) is 0 Å². The monoisotopic (exact) mass is 399 g/mol. The van der Waals surface area contributed by atoms with Gasteiger partial charge in [0, 0.05) is 18.7 Å². The van der Waals surface area contributed by atoms with Crippen LogP contribution in [-0.4, -0.2) is 33.7 Å². The van der Waals surface area contributed by atoms with Crippen LogP contribution in [0.4, 0.5) is 15.8 Å². The molecule has 2 aromatic rings. The van der Waals surface area contributed by atoms with E-state index in [9.17, 15) is 14.0 Å². The molecule has 0 radical (unpaired) electrons. The third-order valence-electron chi connectivity index (χ3n) is 4.31. The van der Waals surface area contributed by atoms with E-state index in [0.29, 0.717) is 17.4 Å². The first-order valence-electron chi connectivity index (χ1n) is 9.15. The van der Waals surface area contributed by atoms with Crippen molar-refractivity contribution in [2.24, 2.45) is 4.99 Å². The van der Waals surface area contributed by atoms with E-state index in [1.165, 1.54) is 23.9 Å². The summed E-state index contributed by atoms with van der Waals surface area (Å²) in [7, 11) is 0. The van der Waals surface area contributed by atoms with Crippen LogP contribution >= 0.6 is 11.8 Å². The van der Waals surface area contributed by atoms with Crippen molar-refractivity contribution in [2.75, 3.05) is 11.9 Å². The molecule has 2 aromatic carbocycles. The van der Waals surface area contributed by atoms with Gasteiger partial charge in [0.05, 0.1) is 5.69 Å². The smallest absolute Gasteiger partial charge is 0.242 e. The summed E-state index contributed by atoms with van der Waals surface area (Å²) < 4.78 is 13.1. The Hall–Kier alpha value is -2.67. The summed E-state index contributed by atoms with van der Waals surface area (Å²) in [5, 5.41) is 2.90. The molecular weight excluding hydrogens is 377 g/mol. The molecule has 1 heterocycles. The Morgan fingerprint density at radius 3 is 2.61 bits per heavy atom. The van der Waals surface area contributed by atoms with Gasteiger partial charge >= 0.3 is 0 Å². The highest BCUT2D eigenvalue weighted by Gasteiger charge is 2.38. The van der Waals surface area contributed by atoms with Crippen molar-refractivity contribution in [2.45, 2.75) is 31.9 Å². The first-order chi connectivity index (χ1) is 13.5. The lowest BCUT2D eigenvalue weighted by atomic mass is 10.2. The number of carbonyl (C=O) groups excluding carboxylic acids is 2. The van der Waals surface area contributed by atoms with Crippen LogP contribution in [0.25, 0.3) is 0 Å². The van der Waals surface area contributed by atoms with Crippen LogP contribution in [-0.2, 0) is 9.59 Å². The molecule has 146 valence electrons. The number of rotatable bonds is 6. The normalized spacial score (nSPS) is 18.0. The molecule has 1 fully saturated rings. The van der Waals surface area contributed by atoms with Gasteiger partial charge in [0.15, 0.2) is 5.17 Å². The maximum atomic E-state index is 13.1. The molecule has 1 aliphatic rings. The van der Waals surface area contributed by atoms with E-state index < -0.39 is 5.25 Å². The fourth-order valence-corrected chi connectivity index (χ4v) is 4.05. The van der Waals surface area contributed by atoms with E-state index >= 15 is 0 Å². The number of para-hydroxylation sites is 1. The second-order valence-corrected chi connectivity index (χ2v) is 7.70. The van der Waals surface area contributed by atoms with Crippen molar-refractivity contribution in [1.82, 2.24) is 4.90 Å². The highest BCUT2D eigenvalue weighted by Crippen LogP contribution is 2.32. The van der Waals surface area contributed by atoms with Crippen LogP contribution in [0.15, 0.2) is 53.5 Å². The molecule has 1 atom stereocenters. The zero-order chi connectivity index (χ0) is 20.1. The maximum absolute atomic E-state index is 13.1. The van der Waals surface area contributed by atoms with Crippen LogP contribution in [0, 0.1) is 12.7 Å². The zero-order valence-corrected chi connectivity index (χ0v) is 16.6. The number of amidine groups is 1. The van der Waals surface area contributed by atoms with Gasteiger partial charge in [-0.1, -0.05) is 36.9 Å². The van der Waals surface area contributed by atoms with E-state index in [-0.39, 0.29) is 24.1 Å².